The topological polar surface area (TPSA) is 101 Å². The summed E-state index contributed by atoms with van der Waals surface area (Å²) in [6.07, 6.45) is 0. The van der Waals surface area contributed by atoms with E-state index in [0.29, 0.717) is 27.1 Å². The average Bonchev–Trinajstić information content (AvgIpc) is 3.02. The smallest absolute Gasteiger partial charge is 0.488 e. The summed E-state index contributed by atoms with van der Waals surface area (Å²) in [6, 6.07) is 19.8. The summed E-state index contributed by atoms with van der Waals surface area (Å²) in [6.45, 7) is 24.6. The lowest BCUT2D eigenvalue weighted by atomic mass is 9.74. The molecule has 5 N–H and O–H groups in total. The summed E-state index contributed by atoms with van der Waals surface area (Å²) < 4.78 is 0. The second kappa shape index (κ2) is 14.2. The first-order valence-corrected chi connectivity index (χ1v) is 18.2. The standard InChI is InChI=1S/C44H51B2ClO5/c1-23-13-29(14-24(2)37(23)31-17-33(43(7,8)9)21-35(19-31)45(49)50)39-27(5)41(47)28(6)40(42(39)48)30-15-25(3)38(26(4)16-30)32-18-34(44(10,11)12)22-36(20-32)46(51)52/h13-22,48-52H,1-12H3. The molecule has 8 heteroatoms. The molecule has 5 aromatic rings. The molecule has 0 fully saturated rings. The molecule has 270 valence electrons. The molecule has 0 heterocycles. The molecule has 0 amide bonds. The molecule has 0 saturated heterocycles. The van der Waals surface area contributed by atoms with Gasteiger partial charge in [-0.3, -0.25) is 0 Å². The molecule has 0 spiro atoms. The van der Waals surface area contributed by atoms with E-state index in [-0.39, 0.29) is 16.6 Å². The van der Waals surface area contributed by atoms with Crippen LogP contribution in [0.25, 0.3) is 44.5 Å². The van der Waals surface area contributed by atoms with Gasteiger partial charge in [0.05, 0.1) is 0 Å². The number of halogens is 1. The van der Waals surface area contributed by atoms with Gasteiger partial charge in [-0.25, -0.2) is 0 Å². The van der Waals surface area contributed by atoms with Gasteiger partial charge in [0, 0.05) is 16.1 Å². The third-order valence-corrected chi connectivity index (χ3v) is 10.9. The maximum Gasteiger partial charge on any atom is 0.488 e. The first kappa shape index (κ1) is 39.4. The summed E-state index contributed by atoms with van der Waals surface area (Å²) in [5, 5.41) is 53.3. The highest BCUT2D eigenvalue weighted by molar-refractivity contribution is 6.59. The summed E-state index contributed by atoms with van der Waals surface area (Å²) in [5.74, 6) is 0.151. The number of benzene rings is 5. The van der Waals surface area contributed by atoms with Crippen LogP contribution in [-0.4, -0.2) is 39.4 Å². The minimum Gasteiger partial charge on any atom is -0.507 e. The molecule has 0 aromatic heterocycles. The monoisotopic (exact) mass is 716 g/mol. The Bertz CT molecular complexity index is 2010. The molecule has 5 rings (SSSR count). The van der Waals surface area contributed by atoms with Crippen molar-refractivity contribution >= 4 is 36.8 Å². The number of hydrogen-bond donors (Lipinski definition) is 5. The molecule has 0 radical (unpaired) electrons. The highest BCUT2D eigenvalue weighted by Crippen LogP contribution is 2.48. The minimum absolute atomic E-state index is 0.151. The van der Waals surface area contributed by atoms with Crippen LogP contribution in [0.15, 0.2) is 60.7 Å². The van der Waals surface area contributed by atoms with E-state index >= 15 is 0 Å². The molecule has 0 aliphatic carbocycles. The highest BCUT2D eigenvalue weighted by atomic mass is 35.5. The van der Waals surface area contributed by atoms with Gasteiger partial charge < -0.3 is 25.2 Å². The van der Waals surface area contributed by atoms with E-state index in [1.165, 1.54) is 0 Å². The van der Waals surface area contributed by atoms with Gasteiger partial charge in [-0.1, -0.05) is 114 Å². The van der Waals surface area contributed by atoms with Gasteiger partial charge in [0.1, 0.15) is 5.75 Å². The van der Waals surface area contributed by atoms with E-state index in [1.54, 1.807) is 0 Å². The zero-order valence-corrected chi connectivity index (χ0v) is 33.3. The number of aryl methyl sites for hydroxylation is 4. The van der Waals surface area contributed by atoms with Gasteiger partial charge >= 0.3 is 14.2 Å². The Kier molecular flexibility index (Phi) is 10.7. The van der Waals surface area contributed by atoms with Crippen molar-refractivity contribution in [2.75, 3.05) is 0 Å². The molecule has 0 atom stereocenters. The highest BCUT2D eigenvalue weighted by Gasteiger charge is 2.26. The third kappa shape index (κ3) is 7.48. The van der Waals surface area contributed by atoms with Crippen LogP contribution in [0, 0.1) is 41.5 Å². The molecule has 5 nitrogen and oxygen atoms in total. The lowest BCUT2D eigenvalue weighted by Crippen LogP contribution is -2.31. The van der Waals surface area contributed by atoms with Crippen molar-refractivity contribution in [3.8, 4) is 50.3 Å². The van der Waals surface area contributed by atoms with Crippen molar-refractivity contribution in [3.63, 3.8) is 0 Å². The molecule has 0 aliphatic rings. The van der Waals surface area contributed by atoms with Crippen LogP contribution in [0.5, 0.6) is 5.75 Å². The summed E-state index contributed by atoms with van der Waals surface area (Å²) in [5.41, 5.74) is 14.8. The van der Waals surface area contributed by atoms with Gasteiger partial charge in [-0.2, -0.15) is 0 Å². The van der Waals surface area contributed by atoms with Crippen LogP contribution in [-0.2, 0) is 10.8 Å². The zero-order valence-electron chi connectivity index (χ0n) is 32.5. The Morgan fingerprint density at radius 1 is 0.442 bits per heavy atom. The number of hydrogen-bond acceptors (Lipinski definition) is 5. The Balaban J connectivity index is 1.69. The largest absolute Gasteiger partial charge is 0.507 e. The Hall–Kier alpha value is -3.84. The Morgan fingerprint density at radius 2 is 0.731 bits per heavy atom. The van der Waals surface area contributed by atoms with Crippen molar-refractivity contribution in [1.82, 2.24) is 0 Å². The predicted molar refractivity (Wildman–Crippen MR) is 220 cm³/mol. The van der Waals surface area contributed by atoms with Crippen molar-refractivity contribution in [2.24, 2.45) is 0 Å². The molecule has 0 aliphatic heterocycles. The van der Waals surface area contributed by atoms with Gasteiger partial charge in [0.15, 0.2) is 0 Å². The first-order chi connectivity index (χ1) is 24.0. The quantitative estimate of drug-likeness (QED) is 0.114. The number of rotatable bonds is 6. The second-order valence-electron chi connectivity index (χ2n) is 16.6. The minimum atomic E-state index is -1.59. The lowest BCUT2D eigenvalue weighted by molar-refractivity contribution is 0.424. The third-order valence-electron chi connectivity index (χ3n) is 10.3. The normalized spacial score (nSPS) is 12.0. The van der Waals surface area contributed by atoms with E-state index in [2.05, 4.69) is 77.9 Å². The summed E-state index contributed by atoms with van der Waals surface area (Å²) >= 11 is 7.08. The van der Waals surface area contributed by atoms with E-state index in [9.17, 15) is 25.2 Å². The SMILES string of the molecule is Cc1cc(-c2c(C)c(Cl)c(C)c(-c3cc(C)c(-c4cc(B(O)O)cc(C(C)(C)C)c4)c(C)c3)c2O)cc(C)c1-c1cc(B(O)O)cc(C(C)(C)C)c1. The maximum atomic E-state index is 12.2. The Morgan fingerprint density at radius 3 is 1.00 bits per heavy atom. The molecule has 52 heavy (non-hydrogen) atoms. The van der Waals surface area contributed by atoms with Crippen LogP contribution in [0.2, 0.25) is 5.02 Å². The van der Waals surface area contributed by atoms with E-state index < -0.39 is 14.2 Å². The van der Waals surface area contributed by atoms with E-state index in [4.69, 9.17) is 11.6 Å². The fraction of sp³-hybridized carbons (Fsp3) is 0.318. The Labute approximate surface area is 315 Å². The predicted octanol–water partition coefficient (Wildman–Crippen LogP) is 8.52. The van der Waals surface area contributed by atoms with Crippen molar-refractivity contribution in [2.45, 2.75) is 93.9 Å². The van der Waals surface area contributed by atoms with Crippen LogP contribution in [0.3, 0.4) is 0 Å². The molecule has 5 aromatic carbocycles. The zero-order chi connectivity index (χ0) is 38.8. The first-order valence-electron chi connectivity index (χ1n) is 17.8. The van der Waals surface area contributed by atoms with E-state index in [0.717, 1.165) is 77.9 Å². The number of phenolic OH excluding ortho intramolecular Hbond substituents is 1. The van der Waals surface area contributed by atoms with Gasteiger partial charge in [0.2, 0.25) is 0 Å². The van der Waals surface area contributed by atoms with Crippen LogP contribution >= 0.6 is 11.6 Å². The van der Waals surface area contributed by atoms with Gasteiger partial charge in [0.25, 0.3) is 0 Å². The fourth-order valence-corrected chi connectivity index (χ4v) is 7.76. The van der Waals surface area contributed by atoms with Gasteiger partial charge in [-0.15, -0.1) is 0 Å². The summed E-state index contributed by atoms with van der Waals surface area (Å²) in [7, 11) is -3.18. The van der Waals surface area contributed by atoms with Crippen LogP contribution < -0.4 is 10.9 Å². The van der Waals surface area contributed by atoms with Crippen LogP contribution in [0.1, 0.15) is 86.1 Å². The summed E-state index contributed by atoms with van der Waals surface area (Å²) in [4.78, 5) is 0. The van der Waals surface area contributed by atoms with Crippen molar-refractivity contribution < 1.29 is 25.2 Å². The van der Waals surface area contributed by atoms with Crippen molar-refractivity contribution in [3.05, 3.63) is 110 Å². The van der Waals surface area contributed by atoms with Crippen LogP contribution in [0.4, 0.5) is 0 Å². The fourth-order valence-electron chi connectivity index (χ4n) is 7.57. The average molecular weight is 717 g/mol. The maximum absolute atomic E-state index is 12.2. The van der Waals surface area contributed by atoms with E-state index in [1.807, 2.05) is 65.8 Å². The number of phenols is 1. The second-order valence-corrected chi connectivity index (χ2v) is 16.9. The molecule has 0 bridgehead atoms. The lowest BCUT2D eigenvalue weighted by Gasteiger charge is -2.24. The molecule has 0 saturated carbocycles. The number of aromatic hydroxyl groups is 1. The molecular weight excluding hydrogens is 666 g/mol. The molecular formula is C44H51B2ClO5. The van der Waals surface area contributed by atoms with Gasteiger partial charge in [-0.05, 0) is 141 Å². The molecule has 0 unspecified atom stereocenters. The van der Waals surface area contributed by atoms with Crippen molar-refractivity contribution in [1.29, 1.82) is 0 Å².